The zero-order chi connectivity index (χ0) is 29.1. The largest absolute Gasteiger partial charge is 0.493 e. The van der Waals surface area contributed by atoms with E-state index >= 15 is 0 Å². The van der Waals surface area contributed by atoms with E-state index in [1.165, 1.54) is 19.2 Å². The highest BCUT2D eigenvalue weighted by atomic mass is 19.4. The van der Waals surface area contributed by atoms with Gasteiger partial charge in [0.05, 0.1) is 19.3 Å². The van der Waals surface area contributed by atoms with Crippen molar-refractivity contribution in [1.29, 1.82) is 0 Å². The maximum atomic E-state index is 12.8. The van der Waals surface area contributed by atoms with Crippen LogP contribution in [0.2, 0.25) is 0 Å². The molecule has 3 rings (SSSR count). The number of hydrogen-bond donors (Lipinski definition) is 2. The molecule has 0 atom stereocenters. The Morgan fingerprint density at radius 3 is 2.30 bits per heavy atom. The minimum atomic E-state index is -4.33. The van der Waals surface area contributed by atoms with Crippen LogP contribution in [-0.2, 0) is 17.5 Å². The molecule has 220 valence electrons. The Kier molecular flexibility index (Phi) is 11.5. The average molecular weight is 566 g/mol. The van der Waals surface area contributed by atoms with Crippen molar-refractivity contribution in [2.24, 2.45) is 5.92 Å². The predicted molar refractivity (Wildman–Crippen MR) is 145 cm³/mol. The van der Waals surface area contributed by atoms with Gasteiger partial charge in [-0.2, -0.15) is 13.2 Å². The van der Waals surface area contributed by atoms with Gasteiger partial charge < -0.3 is 24.8 Å². The highest BCUT2D eigenvalue weighted by Crippen LogP contribution is 2.32. The van der Waals surface area contributed by atoms with Crippen LogP contribution in [-0.4, -0.2) is 62.9 Å². The van der Waals surface area contributed by atoms with E-state index in [0.29, 0.717) is 49.7 Å². The second kappa shape index (κ2) is 14.8. The van der Waals surface area contributed by atoms with Gasteiger partial charge in [-0.15, -0.1) is 0 Å². The Labute approximate surface area is 233 Å². The molecule has 0 radical (unpaired) electrons. The van der Waals surface area contributed by atoms with Crippen LogP contribution in [0.25, 0.3) is 0 Å². The van der Waals surface area contributed by atoms with E-state index in [1.54, 1.807) is 18.2 Å². The van der Waals surface area contributed by atoms with Gasteiger partial charge in [0, 0.05) is 38.3 Å². The standard InChI is InChI=1S/C29H38F3N3O5/c1-20(2)19-39-28(37)34-14-4-13-33-27(36)22-7-10-25(26(17-22)38-3)40-24-11-15-35(16-12-24)18-21-5-8-23(9-6-21)29(30,31)32/h5-10,17,20,24H,4,11-16,18-19H2,1-3H3,(H,33,36)(H,34,37). The molecule has 8 nitrogen and oxygen atoms in total. The quantitative estimate of drug-likeness (QED) is 0.342. The van der Waals surface area contributed by atoms with Crippen molar-refractivity contribution in [3.8, 4) is 11.5 Å². The summed E-state index contributed by atoms with van der Waals surface area (Å²) in [4.78, 5) is 26.3. The number of carbonyl (C=O) groups excluding carboxylic acids is 2. The van der Waals surface area contributed by atoms with Crippen molar-refractivity contribution in [3.63, 3.8) is 0 Å². The van der Waals surface area contributed by atoms with E-state index in [4.69, 9.17) is 14.2 Å². The number of methoxy groups -OCH3 is 1. The van der Waals surface area contributed by atoms with E-state index in [-0.39, 0.29) is 17.9 Å². The number of ether oxygens (including phenoxy) is 3. The number of nitrogens with zero attached hydrogens (tertiary/aromatic N) is 1. The topological polar surface area (TPSA) is 89.1 Å². The first-order valence-electron chi connectivity index (χ1n) is 13.5. The summed E-state index contributed by atoms with van der Waals surface area (Å²) in [5, 5.41) is 5.47. The lowest BCUT2D eigenvalue weighted by Gasteiger charge is -2.32. The fourth-order valence-electron chi connectivity index (χ4n) is 4.20. The molecule has 0 bridgehead atoms. The summed E-state index contributed by atoms with van der Waals surface area (Å²) in [6.07, 6.45) is -2.78. The highest BCUT2D eigenvalue weighted by Gasteiger charge is 2.30. The van der Waals surface area contributed by atoms with Gasteiger partial charge in [-0.3, -0.25) is 9.69 Å². The van der Waals surface area contributed by atoms with E-state index in [1.807, 2.05) is 13.8 Å². The maximum absolute atomic E-state index is 12.8. The fourth-order valence-corrected chi connectivity index (χ4v) is 4.20. The average Bonchev–Trinajstić information content (AvgIpc) is 2.92. The van der Waals surface area contributed by atoms with Gasteiger partial charge >= 0.3 is 12.3 Å². The molecule has 1 heterocycles. The van der Waals surface area contributed by atoms with E-state index < -0.39 is 17.8 Å². The van der Waals surface area contributed by atoms with Crippen molar-refractivity contribution in [2.75, 3.05) is 39.9 Å². The van der Waals surface area contributed by atoms with Crippen LogP contribution in [0.3, 0.4) is 0 Å². The number of carbonyl (C=O) groups is 2. The van der Waals surface area contributed by atoms with Crippen molar-refractivity contribution in [3.05, 3.63) is 59.2 Å². The third-order valence-electron chi connectivity index (χ3n) is 6.40. The first-order chi connectivity index (χ1) is 19.0. The lowest BCUT2D eigenvalue weighted by atomic mass is 10.1. The SMILES string of the molecule is COc1cc(C(=O)NCCCNC(=O)OCC(C)C)ccc1OC1CCN(Cc2ccc(C(F)(F)F)cc2)CC1. The van der Waals surface area contributed by atoms with Crippen molar-refractivity contribution < 1.29 is 37.0 Å². The molecule has 1 aliphatic heterocycles. The molecule has 11 heteroatoms. The van der Waals surface area contributed by atoms with Gasteiger partial charge in [0.1, 0.15) is 6.10 Å². The number of alkyl halides is 3. The lowest BCUT2D eigenvalue weighted by molar-refractivity contribution is -0.137. The van der Waals surface area contributed by atoms with Gasteiger partial charge in [0.25, 0.3) is 5.91 Å². The Morgan fingerprint density at radius 2 is 1.68 bits per heavy atom. The molecule has 0 spiro atoms. The molecule has 1 saturated heterocycles. The molecule has 0 aromatic heterocycles. The molecule has 2 aromatic carbocycles. The maximum Gasteiger partial charge on any atom is 0.416 e. The van der Waals surface area contributed by atoms with Gasteiger partial charge in [-0.25, -0.2) is 4.79 Å². The summed E-state index contributed by atoms with van der Waals surface area (Å²) >= 11 is 0. The smallest absolute Gasteiger partial charge is 0.416 e. The second-order valence-electron chi connectivity index (χ2n) is 10.2. The van der Waals surface area contributed by atoms with E-state index in [0.717, 1.165) is 43.6 Å². The summed E-state index contributed by atoms with van der Waals surface area (Å²) in [5.41, 5.74) is 0.623. The number of halogens is 3. The summed E-state index contributed by atoms with van der Waals surface area (Å²) in [7, 11) is 1.51. The first-order valence-corrected chi connectivity index (χ1v) is 13.5. The minimum absolute atomic E-state index is 0.0443. The molecule has 0 unspecified atom stereocenters. The van der Waals surface area contributed by atoms with Crippen molar-refractivity contribution >= 4 is 12.0 Å². The molecule has 40 heavy (non-hydrogen) atoms. The number of alkyl carbamates (subject to hydrolysis) is 1. The third-order valence-corrected chi connectivity index (χ3v) is 6.40. The van der Waals surface area contributed by atoms with Gasteiger partial charge in [-0.05, 0) is 61.1 Å². The third kappa shape index (κ3) is 9.93. The van der Waals surface area contributed by atoms with Crippen LogP contribution in [0.15, 0.2) is 42.5 Å². The zero-order valence-electron chi connectivity index (χ0n) is 23.2. The van der Waals surface area contributed by atoms with Gasteiger partial charge in [-0.1, -0.05) is 26.0 Å². The van der Waals surface area contributed by atoms with Gasteiger partial charge in [0.15, 0.2) is 11.5 Å². The molecule has 1 fully saturated rings. The van der Waals surface area contributed by atoms with Crippen LogP contribution < -0.4 is 20.1 Å². The number of rotatable bonds is 12. The minimum Gasteiger partial charge on any atom is -0.493 e. The lowest BCUT2D eigenvalue weighted by Crippen LogP contribution is -2.37. The number of benzene rings is 2. The second-order valence-corrected chi connectivity index (χ2v) is 10.2. The summed E-state index contributed by atoms with van der Waals surface area (Å²) in [6.45, 7) is 7.12. The fraction of sp³-hybridized carbons (Fsp3) is 0.517. The van der Waals surface area contributed by atoms with Gasteiger partial charge in [0.2, 0.25) is 0 Å². The number of likely N-dealkylation sites (tertiary alicyclic amines) is 1. The Bertz CT molecular complexity index is 1100. The zero-order valence-corrected chi connectivity index (χ0v) is 23.2. The Morgan fingerprint density at radius 1 is 1.00 bits per heavy atom. The monoisotopic (exact) mass is 565 g/mol. The Balaban J connectivity index is 1.41. The van der Waals surface area contributed by atoms with Crippen LogP contribution in [0.1, 0.15) is 54.6 Å². The summed E-state index contributed by atoms with van der Waals surface area (Å²) in [6, 6.07) is 10.3. The molecule has 0 saturated carbocycles. The van der Waals surface area contributed by atoms with E-state index in [2.05, 4.69) is 15.5 Å². The van der Waals surface area contributed by atoms with Crippen molar-refractivity contribution in [2.45, 2.75) is 51.9 Å². The molecular weight excluding hydrogens is 527 g/mol. The molecule has 2 amide bonds. The van der Waals surface area contributed by atoms with Crippen LogP contribution in [0.5, 0.6) is 11.5 Å². The Hall–Kier alpha value is -3.47. The molecule has 2 aromatic rings. The summed E-state index contributed by atoms with van der Waals surface area (Å²) < 4.78 is 55.0. The normalized spacial score (nSPS) is 14.6. The first kappa shape index (κ1) is 31.1. The predicted octanol–water partition coefficient (Wildman–Crippen LogP) is 5.26. The van der Waals surface area contributed by atoms with Crippen molar-refractivity contribution in [1.82, 2.24) is 15.5 Å². The number of nitrogens with one attached hydrogen (secondary N) is 2. The van der Waals surface area contributed by atoms with E-state index in [9.17, 15) is 22.8 Å². The summed E-state index contributed by atoms with van der Waals surface area (Å²) in [5.74, 6) is 1.00. The number of hydrogen-bond acceptors (Lipinski definition) is 6. The molecule has 0 aliphatic carbocycles. The highest BCUT2D eigenvalue weighted by molar-refractivity contribution is 5.94. The molecule has 2 N–H and O–H groups in total. The van der Waals surface area contributed by atoms with Crippen LogP contribution in [0.4, 0.5) is 18.0 Å². The van der Waals surface area contributed by atoms with Crippen LogP contribution >= 0.6 is 0 Å². The molecular formula is C29H38F3N3O5. The van der Waals surface area contributed by atoms with Crippen LogP contribution in [0, 0.1) is 5.92 Å². The molecule has 1 aliphatic rings. The number of amides is 2. The number of piperidine rings is 1.